The van der Waals surface area contributed by atoms with E-state index in [1.54, 1.807) is 6.92 Å². The molecule has 6 nitrogen and oxygen atoms in total. The minimum atomic E-state index is -4.40. The van der Waals surface area contributed by atoms with Gasteiger partial charge < -0.3 is 5.21 Å². The second kappa shape index (κ2) is 4.72. The third-order valence-corrected chi connectivity index (χ3v) is 3.47. The molecule has 0 aromatic carbocycles. The molecule has 1 aliphatic heterocycles. The lowest BCUT2D eigenvalue weighted by atomic mass is 10.2. The first kappa shape index (κ1) is 14.4. The topological polar surface area (TPSA) is 65.1 Å². The number of rotatable bonds is 2. The second-order valence-corrected chi connectivity index (χ2v) is 5.00. The Labute approximate surface area is 123 Å². The third kappa shape index (κ3) is 2.28. The molecule has 1 aliphatic rings. The summed E-state index contributed by atoms with van der Waals surface area (Å²) in [5.74, 6) is -0.431. The van der Waals surface area contributed by atoms with Gasteiger partial charge in [-0.2, -0.15) is 23.0 Å². The number of amides is 1. The van der Waals surface area contributed by atoms with E-state index in [9.17, 15) is 23.2 Å². The van der Waals surface area contributed by atoms with Crippen LogP contribution in [0, 0.1) is 5.21 Å². The van der Waals surface area contributed by atoms with Gasteiger partial charge in [-0.15, -0.1) is 0 Å². The Balaban J connectivity index is 1.94. The Hall–Kier alpha value is -2.58. The predicted molar refractivity (Wildman–Crippen MR) is 68.9 cm³/mol. The Bertz CT molecular complexity index is 741. The molecule has 1 atom stereocenters. The Morgan fingerprint density at radius 2 is 2.18 bits per heavy atom. The van der Waals surface area contributed by atoms with Crippen molar-refractivity contribution in [3.63, 3.8) is 0 Å². The van der Waals surface area contributed by atoms with Crippen molar-refractivity contribution in [1.82, 2.24) is 9.78 Å². The van der Waals surface area contributed by atoms with E-state index in [2.05, 4.69) is 5.10 Å². The van der Waals surface area contributed by atoms with E-state index in [1.807, 2.05) is 0 Å². The molecule has 0 saturated heterocycles. The zero-order valence-electron chi connectivity index (χ0n) is 11.4. The first-order chi connectivity index (χ1) is 10.3. The van der Waals surface area contributed by atoms with Crippen LogP contribution < -0.4 is 9.63 Å². The highest BCUT2D eigenvalue weighted by Gasteiger charge is 2.41. The molecule has 0 bridgehead atoms. The number of hydrogen-bond acceptors (Lipinski definition) is 3. The summed E-state index contributed by atoms with van der Waals surface area (Å²) < 4.78 is 38.4. The average Bonchev–Trinajstić information content (AvgIpc) is 2.93. The lowest BCUT2D eigenvalue weighted by Gasteiger charge is -2.18. The molecular formula is C13H11F3N4O2. The fourth-order valence-corrected chi connectivity index (χ4v) is 2.61. The van der Waals surface area contributed by atoms with Crippen molar-refractivity contribution >= 4 is 11.6 Å². The highest BCUT2D eigenvalue weighted by molar-refractivity contribution is 6.10. The van der Waals surface area contributed by atoms with Crippen molar-refractivity contribution < 1.29 is 22.7 Å². The maximum atomic E-state index is 12.4. The molecule has 0 spiro atoms. The van der Waals surface area contributed by atoms with Crippen molar-refractivity contribution in [3.8, 4) is 0 Å². The number of carbonyl (C=O) groups excluding carboxylic acids is 1. The van der Waals surface area contributed by atoms with Gasteiger partial charge in [-0.1, -0.05) is 0 Å². The Kier molecular flexibility index (Phi) is 3.08. The molecule has 0 fully saturated rings. The molecule has 9 heteroatoms. The van der Waals surface area contributed by atoms with Crippen LogP contribution in [-0.2, 0) is 6.54 Å². The van der Waals surface area contributed by atoms with Gasteiger partial charge in [0.1, 0.15) is 18.2 Å². The van der Waals surface area contributed by atoms with Crippen LogP contribution in [0.4, 0.5) is 18.9 Å². The van der Waals surface area contributed by atoms with Crippen LogP contribution in [0.2, 0.25) is 0 Å². The highest BCUT2D eigenvalue weighted by Crippen LogP contribution is 2.35. The van der Waals surface area contributed by atoms with E-state index >= 15 is 0 Å². The van der Waals surface area contributed by atoms with Gasteiger partial charge in [-0.25, -0.2) is 0 Å². The van der Waals surface area contributed by atoms with Gasteiger partial charge in [0.25, 0.3) is 5.91 Å². The van der Waals surface area contributed by atoms with Gasteiger partial charge >= 0.3 is 6.18 Å². The van der Waals surface area contributed by atoms with E-state index in [-0.39, 0.29) is 16.9 Å². The van der Waals surface area contributed by atoms with Gasteiger partial charge in [-0.05, 0) is 13.0 Å². The molecule has 0 aliphatic carbocycles. The van der Waals surface area contributed by atoms with Crippen LogP contribution in [0.5, 0.6) is 0 Å². The van der Waals surface area contributed by atoms with Crippen molar-refractivity contribution in [2.45, 2.75) is 25.7 Å². The fourth-order valence-electron chi connectivity index (χ4n) is 2.61. The lowest BCUT2D eigenvalue weighted by molar-refractivity contribution is -0.615. The van der Waals surface area contributed by atoms with Crippen molar-refractivity contribution in [1.29, 1.82) is 0 Å². The van der Waals surface area contributed by atoms with Crippen LogP contribution >= 0.6 is 0 Å². The van der Waals surface area contributed by atoms with Crippen LogP contribution in [0.15, 0.2) is 30.7 Å². The average molecular weight is 312 g/mol. The molecule has 3 heterocycles. The van der Waals surface area contributed by atoms with Crippen LogP contribution in [0.3, 0.4) is 0 Å². The summed E-state index contributed by atoms with van der Waals surface area (Å²) in [6.45, 7) is 0.400. The summed E-state index contributed by atoms with van der Waals surface area (Å²) in [7, 11) is 0. The van der Waals surface area contributed by atoms with Gasteiger partial charge in [0.15, 0.2) is 6.20 Å². The quantitative estimate of drug-likeness (QED) is 0.627. The number of pyridine rings is 1. The van der Waals surface area contributed by atoms with E-state index in [0.717, 1.165) is 6.20 Å². The van der Waals surface area contributed by atoms with Crippen molar-refractivity contribution in [2.24, 2.45) is 0 Å². The van der Waals surface area contributed by atoms with Crippen molar-refractivity contribution in [2.75, 3.05) is 4.90 Å². The summed E-state index contributed by atoms with van der Waals surface area (Å²) in [6, 6.07) is 2.39. The Morgan fingerprint density at radius 1 is 1.45 bits per heavy atom. The van der Waals surface area contributed by atoms with Crippen molar-refractivity contribution in [3.05, 3.63) is 47.2 Å². The zero-order valence-corrected chi connectivity index (χ0v) is 11.4. The SMILES string of the molecule is CC1c2c(ccc[n+]2[O-])C(=O)N1c1cnn(CC(F)(F)F)c1. The number of nitrogens with zero attached hydrogens (tertiary/aromatic N) is 4. The van der Waals surface area contributed by atoms with Gasteiger partial charge in [0.05, 0.1) is 11.9 Å². The standard InChI is InChI=1S/C13H11F3N4O2/c1-8-11-10(3-2-4-19(11)22)12(21)20(8)9-5-17-18(6-9)7-13(14,15)16/h2-6,8H,7H2,1H3. The molecule has 2 aromatic rings. The minimum absolute atomic E-state index is 0.220. The highest BCUT2D eigenvalue weighted by atomic mass is 19.4. The summed E-state index contributed by atoms with van der Waals surface area (Å²) in [6.07, 6.45) is -0.797. The molecule has 0 radical (unpaired) electrons. The summed E-state index contributed by atoms with van der Waals surface area (Å²) >= 11 is 0. The minimum Gasteiger partial charge on any atom is -0.618 e. The normalized spacial score (nSPS) is 17.9. The molecule has 3 rings (SSSR count). The maximum Gasteiger partial charge on any atom is 0.408 e. The molecule has 0 saturated carbocycles. The number of aromatic nitrogens is 3. The molecule has 1 unspecified atom stereocenters. The van der Waals surface area contributed by atoms with Gasteiger partial charge in [0, 0.05) is 12.3 Å². The van der Waals surface area contributed by atoms with Crippen LogP contribution in [-0.4, -0.2) is 21.9 Å². The van der Waals surface area contributed by atoms with E-state index in [0.29, 0.717) is 9.41 Å². The molecule has 2 aromatic heterocycles. The molecular weight excluding hydrogens is 301 g/mol. The molecule has 1 amide bonds. The summed E-state index contributed by atoms with van der Waals surface area (Å²) in [5, 5.41) is 15.4. The lowest BCUT2D eigenvalue weighted by Crippen LogP contribution is -2.34. The summed E-state index contributed by atoms with van der Waals surface area (Å²) in [4.78, 5) is 13.6. The first-order valence-corrected chi connectivity index (χ1v) is 6.43. The smallest absolute Gasteiger partial charge is 0.408 e. The first-order valence-electron chi connectivity index (χ1n) is 6.43. The number of hydrogen-bond donors (Lipinski definition) is 0. The predicted octanol–water partition coefficient (Wildman–Crippen LogP) is 1.80. The second-order valence-electron chi connectivity index (χ2n) is 5.00. The number of carbonyl (C=O) groups is 1. The van der Waals surface area contributed by atoms with Gasteiger partial charge in [-0.3, -0.25) is 14.4 Å². The van der Waals surface area contributed by atoms with E-state index < -0.39 is 24.7 Å². The van der Waals surface area contributed by atoms with Gasteiger partial charge in [0.2, 0.25) is 5.69 Å². The molecule has 22 heavy (non-hydrogen) atoms. The maximum absolute atomic E-state index is 12.4. The van der Waals surface area contributed by atoms with E-state index in [4.69, 9.17) is 0 Å². The van der Waals surface area contributed by atoms with E-state index in [1.165, 1.54) is 29.4 Å². The molecule has 116 valence electrons. The summed E-state index contributed by atoms with van der Waals surface area (Å²) in [5.41, 5.74) is 0.739. The number of halogens is 3. The molecule has 0 N–H and O–H groups in total. The number of alkyl halides is 3. The van der Waals surface area contributed by atoms with Crippen LogP contribution in [0.25, 0.3) is 0 Å². The fraction of sp³-hybridized carbons (Fsp3) is 0.308. The zero-order chi connectivity index (χ0) is 16.1. The Morgan fingerprint density at radius 3 is 2.82 bits per heavy atom. The number of fused-ring (bicyclic) bond motifs is 1. The number of anilines is 1. The van der Waals surface area contributed by atoms with Crippen LogP contribution in [0.1, 0.15) is 29.0 Å². The largest absolute Gasteiger partial charge is 0.618 e. The monoisotopic (exact) mass is 312 g/mol. The third-order valence-electron chi connectivity index (χ3n) is 3.47.